The highest BCUT2D eigenvalue weighted by atomic mass is 32.2. The van der Waals surface area contributed by atoms with Crippen LogP contribution in [0.15, 0.2) is 114 Å². The number of aliphatic hydroxyl groups excluding tert-OH is 1. The van der Waals surface area contributed by atoms with Crippen molar-refractivity contribution in [1.29, 1.82) is 0 Å². The molecule has 1 aromatic carbocycles. The van der Waals surface area contributed by atoms with Gasteiger partial charge in [-0.1, -0.05) is 140 Å². The zero-order valence-corrected chi connectivity index (χ0v) is 54.7. The summed E-state index contributed by atoms with van der Waals surface area (Å²) in [4.78, 5) is 104. The van der Waals surface area contributed by atoms with Gasteiger partial charge < -0.3 is 37.2 Å². The largest absolute Gasteiger partial charge is 0.481 e. The number of carbonyl (C=O) groups is 7. The predicted molar refractivity (Wildman–Crippen MR) is 354 cm³/mol. The summed E-state index contributed by atoms with van der Waals surface area (Å²) in [5, 5.41) is 35.9. The van der Waals surface area contributed by atoms with Crippen LogP contribution in [0, 0.1) is 17.8 Å². The standard InChI is InChI=1S/C68H99N9O9S2/c1-9-47(4)61(74-64(82)56-32-25-28-39-75(56)7)67(84)76(8)57(46(2)3)42-48(5)65-73-55(45-87-65)63(81)71-52(41-49(6)68(85)86)43-50-34-36-51(37-35-50)70-62(80)54(31-24-26-38-69)72-59(78)33-23-20-27-40-77-60(79)44-58(66(77)83)88-53-29-21-18-16-14-12-10-11-13-15-17-19-22-30-53/h10-16,18-19,21-22,29-30,34-37,45-49,52,54,56-58,61,67,84H,9,17,20,23-28,31-33,38-44,69H2,1-8H3,(H,70,80)(H,71,81)(H,72,78)(H,74,82)(H,85,86)/b11-10-,14-12-,15-13-,18-16-,22-19-,29-21-,53-30+/t47-,48+,49?,52+,54-,56+,57+,58?,61-,67?/m0/s1. The van der Waals surface area contributed by atoms with E-state index in [2.05, 4.69) is 60.8 Å². The number of amides is 6. The van der Waals surface area contributed by atoms with Crippen molar-refractivity contribution >= 4 is 70.2 Å². The molecule has 3 heterocycles. The zero-order valence-electron chi connectivity index (χ0n) is 53.1. The van der Waals surface area contributed by atoms with Gasteiger partial charge in [-0.05, 0) is 139 Å². The number of nitrogens with zero attached hydrogens (tertiary/aromatic N) is 4. The number of carboxylic acids is 1. The van der Waals surface area contributed by atoms with Gasteiger partial charge >= 0.3 is 5.97 Å². The molecule has 18 nitrogen and oxygen atoms in total. The molecule has 1 aliphatic carbocycles. The lowest BCUT2D eigenvalue weighted by molar-refractivity contribution is -0.142. The van der Waals surface area contributed by atoms with Crippen LogP contribution in [0.1, 0.15) is 165 Å². The molecular formula is C68H99N9O9S2. The van der Waals surface area contributed by atoms with Crippen molar-refractivity contribution in [2.45, 2.75) is 192 Å². The zero-order chi connectivity index (χ0) is 64.1. The van der Waals surface area contributed by atoms with Gasteiger partial charge in [-0.2, -0.15) is 0 Å². The Hall–Kier alpha value is -6.29. The second-order valence-electron chi connectivity index (χ2n) is 24.1. The Labute approximate surface area is 531 Å². The summed E-state index contributed by atoms with van der Waals surface area (Å²) in [6, 6.07) is 4.90. The van der Waals surface area contributed by atoms with Gasteiger partial charge in [0.15, 0.2) is 0 Å². The summed E-state index contributed by atoms with van der Waals surface area (Å²) < 4.78 is 0. The topological polar surface area (TPSA) is 257 Å². The molecule has 0 spiro atoms. The molecule has 482 valence electrons. The number of carbonyl (C=O) groups excluding carboxylic acids is 6. The first-order chi connectivity index (χ1) is 42.2. The fraction of sp³-hybridized carbons (Fsp3) is 0.559. The Kier molecular flexibility index (Phi) is 31.5. The highest BCUT2D eigenvalue weighted by molar-refractivity contribution is 8.04. The SMILES string of the molecule is CC[C@H](C)[C@H](NC(=O)[C@H]1CCCCN1C)C(O)N(C)[C@H](C[C@@H](C)c1nc(C(=O)N[C@@H](Cc2ccc(NC(=O)[C@H](CCCCN)NC(=O)CCCCCN3C(=O)CC(SC4=C/C=C\C/C=C\C=C/C=C\C=C/C=C\4)C3=O)cc2)CC(C)C(=O)O)cs1)C(C)C. The van der Waals surface area contributed by atoms with Gasteiger partial charge in [0, 0.05) is 53.4 Å². The molecule has 3 aliphatic rings. The number of carboxylic acid groups (broad SMARTS) is 1. The van der Waals surface area contributed by atoms with Crippen LogP contribution in [0.25, 0.3) is 0 Å². The van der Waals surface area contributed by atoms with E-state index in [1.807, 2.05) is 110 Å². The Balaban J connectivity index is 1.12. The Morgan fingerprint density at radius 3 is 2.25 bits per heavy atom. The maximum Gasteiger partial charge on any atom is 0.306 e. The maximum atomic E-state index is 13.9. The smallest absolute Gasteiger partial charge is 0.306 e. The number of imide groups is 1. The molecule has 1 aromatic heterocycles. The van der Waals surface area contributed by atoms with Gasteiger partial charge in [0.2, 0.25) is 29.5 Å². The van der Waals surface area contributed by atoms with E-state index in [1.165, 1.54) is 28.0 Å². The lowest BCUT2D eigenvalue weighted by Gasteiger charge is -2.42. The van der Waals surface area contributed by atoms with E-state index >= 15 is 0 Å². The van der Waals surface area contributed by atoms with Gasteiger partial charge in [-0.3, -0.25) is 48.3 Å². The minimum Gasteiger partial charge on any atom is -0.481 e. The number of thiazole rings is 1. The highest BCUT2D eigenvalue weighted by Crippen LogP contribution is 2.33. The number of likely N-dealkylation sites (N-methyl/N-ethyl adjacent to an activating group) is 2. The molecule has 2 fully saturated rings. The molecule has 2 saturated heterocycles. The third kappa shape index (κ3) is 23.9. The molecule has 0 radical (unpaired) electrons. The molecule has 3 unspecified atom stereocenters. The van der Waals surface area contributed by atoms with Crippen LogP contribution in [-0.2, 0) is 35.2 Å². The summed E-state index contributed by atoms with van der Waals surface area (Å²) in [5.74, 6) is -3.25. The highest BCUT2D eigenvalue weighted by Gasteiger charge is 2.40. The Morgan fingerprint density at radius 1 is 0.864 bits per heavy atom. The van der Waals surface area contributed by atoms with Gasteiger partial charge in [-0.15, -0.1) is 23.1 Å². The van der Waals surface area contributed by atoms with Crippen LogP contribution < -0.4 is 27.0 Å². The molecule has 20 heteroatoms. The van der Waals surface area contributed by atoms with Crippen molar-refractivity contribution in [1.82, 2.24) is 35.6 Å². The lowest BCUT2D eigenvalue weighted by atomic mass is 9.90. The summed E-state index contributed by atoms with van der Waals surface area (Å²) >= 11 is 2.76. The number of nitrogens with one attached hydrogen (secondary N) is 4. The van der Waals surface area contributed by atoms with Crippen molar-refractivity contribution in [2.24, 2.45) is 23.5 Å². The summed E-state index contributed by atoms with van der Waals surface area (Å²) in [7, 11) is 3.89. The number of hydrogen-bond donors (Lipinski definition) is 7. The second-order valence-corrected chi connectivity index (χ2v) is 26.3. The van der Waals surface area contributed by atoms with E-state index in [1.54, 1.807) is 24.4 Å². The first-order valence-corrected chi connectivity index (χ1v) is 33.5. The minimum absolute atomic E-state index is 0.0225. The van der Waals surface area contributed by atoms with Crippen LogP contribution in [0.4, 0.5) is 5.69 Å². The van der Waals surface area contributed by atoms with E-state index < -0.39 is 47.4 Å². The van der Waals surface area contributed by atoms with E-state index in [0.717, 1.165) is 54.1 Å². The molecule has 6 amide bonds. The maximum absolute atomic E-state index is 13.9. The number of rotatable bonds is 33. The molecule has 88 heavy (non-hydrogen) atoms. The van der Waals surface area contributed by atoms with Crippen LogP contribution >= 0.6 is 23.1 Å². The molecule has 2 aliphatic heterocycles. The first-order valence-electron chi connectivity index (χ1n) is 31.7. The van der Waals surface area contributed by atoms with Gasteiger partial charge in [0.25, 0.3) is 5.91 Å². The normalized spacial score (nSPS) is 22.3. The quantitative estimate of drug-likeness (QED) is 0.0199. The Bertz CT molecular complexity index is 2810. The van der Waals surface area contributed by atoms with Crippen molar-refractivity contribution in [3.05, 3.63) is 130 Å². The average Bonchev–Trinajstić information content (AvgIpc) is 4.29. The van der Waals surface area contributed by atoms with Gasteiger partial charge in [0.1, 0.15) is 18.0 Å². The lowest BCUT2D eigenvalue weighted by Crippen LogP contribution is -2.59. The predicted octanol–water partition coefficient (Wildman–Crippen LogP) is 9.98. The third-order valence-electron chi connectivity index (χ3n) is 16.7. The number of unbranched alkanes of at least 4 members (excludes halogenated alkanes) is 3. The van der Waals surface area contributed by atoms with Crippen LogP contribution in [0.2, 0.25) is 0 Å². The molecule has 0 bridgehead atoms. The molecule has 0 saturated carbocycles. The molecular weight excluding hydrogens is 1150 g/mol. The number of nitrogens with two attached hydrogens (primary N) is 1. The number of piperidine rings is 1. The number of thioether (sulfide) groups is 1. The number of anilines is 1. The van der Waals surface area contributed by atoms with E-state index in [-0.39, 0.29) is 90.9 Å². The average molecular weight is 1250 g/mol. The number of allylic oxidation sites excluding steroid dienone is 13. The minimum atomic E-state index is -0.989. The van der Waals surface area contributed by atoms with Crippen LogP contribution in [0.5, 0.6) is 0 Å². The molecule has 2 aromatic rings. The van der Waals surface area contributed by atoms with E-state index in [0.29, 0.717) is 63.6 Å². The van der Waals surface area contributed by atoms with Crippen molar-refractivity contribution in [2.75, 3.05) is 39.0 Å². The van der Waals surface area contributed by atoms with E-state index in [9.17, 15) is 43.8 Å². The number of aromatic nitrogens is 1. The number of benzene rings is 1. The van der Waals surface area contributed by atoms with Gasteiger partial charge in [0.05, 0.1) is 28.3 Å². The molecule has 10 atom stereocenters. The number of likely N-dealkylation sites (tertiary alicyclic amines) is 2. The summed E-state index contributed by atoms with van der Waals surface area (Å²) in [6.45, 7) is 13.6. The van der Waals surface area contributed by atoms with Crippen molar-refractivity contribution in [3.8, 4) is 0 Å². The molecule has 5 rings (SSSR count). The van der Waals surface area contributed by atoms with Crippen molar-refractivity contribution in [3.63, 3.8) is 0 Å². The monoisotopic (exact) mass is 1250 g/mol. The fourth-order valence-electron chi connectivity index (χ4n) is 11.1. The summed E-state index contributed by atoms with van der Waals surface area (Å²) in [5.41, 5.74) is 7.29. The molecule has 8 N–H and O–H groups in total. The fourth-order valence-corrected chi connectivity index (χ4v) is 13.1. The van der Waals surface area contributed by atoms with E-state index in [4.69, 9.17) is 10.7 Å². The van der Waals surface area contributed by atoms with Crippen LogP contribution in [0.3, 0.4) is 0 Å². The second kappa shape index (κ2) is 38.3. The number of aliphatic hydroxyl groups is 1. The third-order valence-corrected chi connectivity index (χ3v) is 19.0. The van der Waals surface area contributed by atoms with Crippen LogP contribution in [-0.4, -0.2) is 147 Å². The number of hydrogen-bond acceptors (Lipinski definition) is 14. The number of aliphatic carboxylic acids is 1. The first kappa shape index (κ1) is 72.5. The Morgan fingerprint density at radius 2 is 1.57 bits per heavy atom. The van der Waals surface area contributed by atoms with Crippen molar-refractivity contribution < 1.29 is 43.8 Å². The summed E-state index contributed by atoms with van der Waals surface area (Å²) in [6.07, 6.45) is 33.5. The van der Waals surface area contributed by atoms with Gasteiger partial charge in [-0.25, -0.2) is 4.98 Å².